The number of hydrogen-bond donors (Lipinski definition) is 1. The second-order valence-electron chi connectivity index (χ2n) is 8.16. The minimum Gasteiger partial charge on any atom is -0.477 e. The molecule has 0 bridgehead atoms. The van der Waals surface area contributed by atoms with Gasteiger partial charge in [0.2, 0.25) is 11.8 Å². The lowest BCUT2D eigenvalue weighted by Crippen LogP contribution is -2.40. The van der Waals surface area contributed by atoms with Crippen LogP contribution < -0.4 is 15.0 Å². The molecule has 0 spiro atoms. The Hall–Kier alpha value is -1.51. The number of unbranched alkanes of at least 4 members (excludes halogenated alkanes) is 1. The molecule has 0 aliphatic rings. The first-order valence-corrected chi connectivity index (χ1v) is 12.5. The monoisotopic (exact) mass is 525 g/mol. The maximum atomic E-state index is 6.09. The highest BCUT2D eigenvalue weighted by atomic mass is 79.9. The molecule has 1 N–H and O–H groups in total. The third-order valence-electron chi connectivity index (χ3n) is 5.20. The Balaban J connectivity index is 0.00000512. The lowest BCUT2D eigenvalue weighted by Gasteiger charge is -2.30. The largest absolute Gasteiger partial charge is 0.477 e. The van der Waals surface area contributed by atoms with Crippen molar-refractivity contribution >= 4 is 46.2 Å². The molecule has 0 saturated heterocycles. The Kier molecular flexibility index (Phi) is 13.0. The molecule has 8 heteroatoms. The number of anilines is 3. The van der Waals surface area contributed by atoms with Crippen molar-refractivity contribution in [2.24, 2.45) is 0 Å². The van der Waals surface area contributed by atoms with E-state index in [1.165, 1.54) is 0 Å². The second-order valence-corrected chi connectivity index (χ2v) is 8.98. The average molecular weight is 527 g/mol. The topological polar surface area (TPSA) is 53.5 Å². The van der Waals surface area contributed by atoms with Crippen LogP contribution in [-0.4, -0.2) is 60.0 Å². The summed E-state index contributed by atoms with van der Waals surface area (Å²) in [5.41, 5.74) is 1.04. The van der Waals surface area contributed by atoms with Gasteiger partial charge in [-0.05, 0) is 52.5 Å². The van der Waals surface area contributed by atoms with Crippen LogP contribution in [-0.2, 0) is 0 Å². The van der Waals surface area contributed by atoms with E-state index in [1.807, 2.05) is 36.4 Å². The van der Waals surface area contributed by atoms with E-state index >= 15 is 0 Å². The van der Waals surface area contributed by atoms with Crippen molar-refractivity contribution in [2.45, 2.75) is 64.4 Å². The van der Waals surface area contributed by atoms with E-state index < -0.39 is 0 Å². The van der Waals surface area contributed by atoms with E-state index in [9.17, 15) is 0 Å². The lowest BCUT2D eigenvalue weighted by atomic mass is 10.2. The van der Waals surface area contributed by atoms with Crippen molar-refractivity contribution < 1.29 is 4.74 Å². The van der Waals surface area contributed by atoms with Gasteiger partial charge in [0.05, 0.1) is 6.61 Å². The smallest absolute Gasteiger partial charge is 0.234 e. The van der Waals surface area contributed by atoms with Crippen LogP contribution in [0.25, 0.3) is 0 Å². The summed E-state index contributed by atoms with van der Waals surface area (Å²) in [5, 5.41) is 3.56. The zero-order chi connectivity index (χ0) is 22.8. The van der Waals surface area contributed by atoms with Gasteiger partial charge in [-0.1, -0.05) is 31.5 Å². The summed E-state index contributed by atoms with van der Waals surface area (Å²) in [7, 11) is 1.99. The number of rotatable bonds is 13. The van der Waals surface area contributed by atoms with Crippen LogP contribution in [0.3, 0.4) is 0 Å². The summed E-state index contributed by atoms with van der Waals surface area (Å²) in [6.45, 7) is 13.5. The van der Waals surface area contributed by atoms with E-state index in [0.717, 1.165) is 42.3 Å². The predicted octanol–water partition coefficient (Wildman–Crippen LogP) is 6.25. The predicted molar refractivity (Wildman–Crippen MR) is 145 cm³/mol. The molecule has 0 aliphatic carbocycles. The van der Waals surface area contributed by atoms with Gasteiger partial charge in [-0.2, -0.15) is 9.97 Å². The SMILES string of the molecule is Br.CCCCOc1nc(N(C)c2ccccc2)nc(NCCN(C(C)C)C(C)C)c1SC. The molecule has 0 amide bonds. The second kappa shape index (κ2) is 14.6. The standard InChI is InChI=1S/C24H39N5OS.BrH/c1-8-9-17-30-23-21(31-7)22(25-15-16-29(18(2)3)19(4)5)26-24(27-23)28(6)20-13-11-10-12-14-20;/h10-14,18-19H,8-9,15-17H2,1-7H3,(H,25,26,27);1H. The Bertz CT molecular complexity index is 783. The third kappa shape index (κ3) is 8.12. The number of aromatic nitrogens is 2. The number of thioether (sulfide) groups is 1. The number of nitrogens with one attached hydrogen (secondary N) is 1. The maximum absolute atomic E-state index is 6.09. The molecule has 2 rings (SSSR count). The Morgan fingerprint density at radius 1 is 1.06 bits per heavy atom. The van der Waals surface area contributed by atoms with E-state index in [-0.39, 0.29) is 17.0 Å². The minimum absolute atomic E-state index is 0. The number of para-hydroxylation sites is 1. The molecule has 0 saturated carbocycles. The normalized spacial score (nSPS) is 11.1. The van der Waals surface area contributed by atoms with Gasteiger partial charge in [0.1, 0.15) is 10.7 Å². The first-order chi connectivity index (χ1) is 14.9. The minimum atomic E-state index is 0. The van der Waals surface area contributed by atoms with E-state index in [4.69, 9.17) is 14.7 Å². The summed E-state index contributed by atoms with van der Waals surface area (Å²) in [6, 6.07) is 11.2. The van der Waals surface area contributed by atoms with Gasteiger partial charge >= 0.3 is 0 Å². The van der Waals surface area contributed by atoms with Crippen LogP contribution in [0.5, 0.6) is 5.88 Å². The number of ether oxygens (including phenoxy) is 1. The van der Waals surface area contributed by atoms with E-state index in [0.29, 0.717) is 30.5 Å². The van der Waals surface area contributed by atoms with Crippen LogP contribution in [0.15, 0.2) is 35.2 Å². The summed E-state index contributed by atoms with van der Waals surface area (Å²) in [4.78, 5) is 15.1. The molecule has 180 valence electrons. The van der Waals surface area contributed by atoms with Gasteiger partial charge in [0.15, 0.2) is 0 Å². The van der Waals surface area contributed by atoms with Gasteiger partial charge in [-0.25, -0.2) is 0 Å². The molecule has 0 atom stereocenters. The first kappa shape index (κ1) is 28.5. The van der Waals surface area contributed by atoms with Crippen molar-refractivity contribution in [3.63, 3.8) is 0 Å². The molecule has 1 aromatic heterocycles. The molecule has 0 fully saturated rings. The molecule has 2 aromatic rings. The summed E-state index contributed by atoms with van der Waals surface area (Å²) >= 11 is 1.62. The zero-order valence-electron chi connectivity index (χ0n) is 20.6. The fraction of sp³-hybridized carbons (Fsp3) is 0.583. The molecule has 0 radical (unpaired) electrons. The number of nitrogens with zero attached hydrogens (tertiary/aromatic N) is 4. The van der Waals surface area contributed by atoms with Crippen LogP contribution >= 0.6 is 28.7 Å². The molecular formula is C24H40BrN5OS. The fourth-order valence-electron chi connectivity index (χ4n) is 3.47. The maximum Gasteiger partial charge on any atom is 0.234 e. The fourth-order valence-corrected chi connectivity index (χ4v) is 4.06. The van der Waals surface area contributed by atoms with Crippen molar-refractivity contribution in [1.82, 2.24) is 14.9 Å². The van der Waals surface area contributed by atoms with E-state index in [2.05, 4.69) is 57.0 Å². The zero-order valence-corrected chi connectivity index (χ0v) is 23.1. The molecule has 0 aliphatic heterocycles. The highest BCUT2D eigenvalue weighted by molar-refractivity contribution is 8.93. The van der Waals surface area contributed by atoms with Crippen molar-refractivity contribution in [1.29, 1.82) is 0 Å². The number of halogens is 1. The highest BCUT2D eigenvalue weighted by Gasteiger charge is 2.19. The summed E-state index contributed by atoms with van der Waals surface area (Å²) in [6.07, 6.45) is 4.13. The summed E-state index contributed by atoms with van der Waals surface area (Å²) in [5.74, 6) is 2.11. The molecule has 0 unspecified atom stereocenters. The molecule has 1 aromatic carbocycles. The van der Waals surface area contributed by atoms with E-state index in [1.54, 1.807) is 11.8 Å². The van der Waals surface area contributed by atoms with Crippen LogP contribution in [0.4, 0.5) is 17.5 Å². The Labute approximate surface area is 209 Å². The molecule has 1 heterocycles. The van der Waals surface area contributed by atoms with Gasteiger partial charge in [-0.15, -0.1) is 28.7 Å². The number of benzene rings is 1. The summed E-state index contributed by atoms with van der Waals surface area (Å²) < 4.78 is 6.09. The Morgan fingerprint density at radius 3 is 2.28 bits per heavy atom. The van der Waals surface area contributed by atoms with Crippen LogP contribution in [0, 0.1) is 0 Å². The van der Waals surface area contributed by atoms with Gasteiger partial charge in [-0.3, -0.25) is 4.90 Å². The highest BCUT2D eigenvalue weighted by Crippen LogP contribution is 2.35. The molecule has 32 heavy (non-hydrogen) atoms. The van der Waals surface area contributed by atoms with Crippen molar-refractivity contribution in [3.8, 4) is 5.88 Å². The van der Waals surface area contributed by atoms with Gasteiger partial charge in [0, 0.05) is 37.9 Å². The average Bonchev–Trinajstić information content (AvgIpc) is 2.76. The van der Waals surface area contributed by atoms with Gasteiger partial charge in [0.25, 0.3) is 0 Å². The van der Waals surface area contributed by atoms with Crippen molar-refractivity contribution in [2.75, 3.05) is 43.2 Å². The Morgan fingerprint density at radius 2 is 1.72 bits per heavy atom. The van der Waals surface area contributed by atoms with Crippen LogP contribution in [0.1, 0.15) is 47.5 Å². The molecular weight excluding hydrogens is 486 g/mol. The van der Waals surface area contributed by atoms with Crippen LogP contribution in [0.2, 0.25) is 0 Å². The third-order valence-corrected chi connectivity index (χ3v) is 5.97. The van der Waals surface area contributed by atoms with Crippen molar-refractivity contribution in [3.05, 3.63) is 30.3 Å². The quantitative estimate of drug-likeness (QED) is 0.244. The molecule has 6 nitrogen and oxygen atoms in total. The lowest BCUT2D eigenvalue weighted by molar-refractivity contribution is 0.182. The number of hydrogen-bond acceptors (Lipinski definition) is 7. The van der Waals surface area contributed by atoms with Gasteiger partial charge < -0.3 is 15.0 Å². The first-order valence-electron chi connectivity index (χ1n) is 11.3.